The van der Waals surface area contributed by atoms with E-state index in [2.05, 4.69) is 18.2 Å². The maximum Gasteiger partial charge on any atom is 0.128 e. The molecule has 1 aliphatic heterocycles. The molecule has 75 valence electrons. The summed E-state index contributed by atoms with van der Waals surface area (Å²) in [6, 6.07) is 15.4. The molecule has 0 saturated carbocycles. The third-order valence-electron chi connectivity index (χ3n) is 2.46. The van der Waals surface area contributed by atoms with Gasteiger partial charge in [-0.2, -0.15) is 0 Å². The maximum atomic E-state index is 5.56. The van der Waals surface area contributed by atoms with Crippen molar-refractivity contribution < 1.29 is 9.47 Å². The van der Waals surface area contributed by atoms with E-state index in [4.69, 9.17) is 9.47 Å². The monoisotopic (exact) mass is 199 g/mol. The van der Waals surface area contributed by atoms with Gasteiger partial charge in [-0.25, -0.2) is 0 Å². The first kappa shape index (κ1) is 8.74. The lowest BCUT2D eigenvalue weighted by Gasteiger charge is -2.04. The molecule has 1 fully saturated rings. The molecule has 0 bridgehead atoms. The summed E-state index contributed by atoms with van der Waals surface area (Å²) in [5.41, 5.74) is 0. The highest BCUT2D eigenvalue weighted by molar-refractivity contribution is 5.83. The Morgan fingerprint density at radius 3 is 3.00 bits per heavy atom. The Hall–Kier alpha value is -1.54. The molecule has 2 nitrogen and oxygen atoms in total. The Morgan fingerprint density at radius 1 is 1.27 bits per heavy atom. The third kappa shape index (κ3) is 1.95. The van der Waals surface area contributed by atoms with E-state index in [1.165, 1.54) is 5.39 Å². The van der Waals surface area contributed by atoms with Crippen LogP contribution in [0.5, 0.6) is 5.75 Å². The molecule has 1 radical (unpaired) electrons. The zero-order valence-electron chi connectivity index (χ0n) is 8.27. The summed E-state index contributed by atoms with van der Waals surface area (Å²) in [6.07, 6.45) is 0.296. The van der Waals surface area contributed by atoms with Gasteiger partial charge in [0.25, 0.3) is 0 Å². The number of ether oxygens (including phenoxy) is 2. The van der Waals surface area contributed by atoms with Crippen molar-refractivity contribution in [3.8, 4) is 5.75 Å². The van der Waals surface area contributed by atoms with Gasteiger partial charge < -0.3 is 9.47 Å². The van der Waals surface area contributed by atoms with Crippen LogP contribution in [-0.4, -0.2) is 19.3 Å². The standard InChI is InChI=1S/C13H11O2/c1-2-4-11-7-12(6-5-10(11)3-1)14-8-13-9-15-13/h1-6,13H,8-9H2. The number of hydrogen-bond acceptors (Lipinski definition) is 2. The molecule has 0 amide bonds. The Morgan fingerprint density at radius 2 is 2.13 bits per heavy atom. The topological polar surface area (TPSA) is 21.8 Å². The highest BCUT2D eigenvalue weighted by atomic mass is 16.6. The summed E-state index contributed by atoms with van der Waals surface area (Å²) in [6.45, 7) is 1.46. The highest BCUT2D eigenvalue weighted by Crippen LogP contribution is 2.20. The number of hydrogen-bond donors (Lipinski definition) is 0. The quantitative estimate of drug-likeness (QED) is 0.708. The zero-order valence-corrected chi connectivity index (χ0v) is 8.27. The van der Waals surface area contributed by atoms with E-state index in [9.17, 15) is 0 Å². The molecular formula is C13H11O2. The van der Waals surface area contributed by atoms with Crippen molar-refractivity contribution in [3.63, 3.8) is 0 Å². The number of benzene rings is 2. The largest absolute Gasteiger partial charge is 0.490 e. The second-order valence-corrected chi connectivity index (χ2v) is 3.68. The molecule has 2 heteroatoms. The molecule has 2 aromatic carbocycles. The van der Waals surface area contributed by atoms with Crippen molar-refractivity contribution >= 4 is 10.8 Å². The fourth-order valence-corrected chi connectivity index (χ4v) is 1.53. The van der Waals surface area contributed by atoms with Crippen molar-refractivity contribution in [3.05, 3.63) is 42.5 Å². The SMILES string of the molecule is [c]1c(OCC2CO2)ccc2ccccc12. The fraction of sp³-hybridized carbons (Fsp3) is 0.231. The Kier molecular flexibility index (Phi) is 2.07. The molecule has 0 N–H and O–H groups in total. The van der Waals surface area contributed by atoms with Gasteiger partial charge in [0.05, 0.1) is 6.61 Å². The molecule has 1 unspecified atom stereocenters. The number of epoxide rings is 1. The van der Waals surface area contributed by atoms with Crippen LogP contribution < -0.4 is 4.74 Å². The second kappa shape index (κ2) is 3.55. The zero-order chi connectivity index (χ0) is 10.1. The predicted octanol–water partition coefficient (Wildman–Crippen LogP) is 2.42. The van der Waals surface area contributed by atoms with Gasteiger partial charge in [-0.05, 0) is 16.8 Å². The lowest BCUT2D eigenvalue weighted by Crippen LogP contribution is -2.03. The smallest absolute Gasteiger partial charge is 0.128 e. The van der Waals surface area contributed by atoms with Gasteiger partial charge in [-0.1, -0.05) is 30.3 Å². The summed E-state index contributed by atoms with van der Waals surface area (Å²) in [4.78, 5) is 0. The molecular weight excluding hydrogens is 188 g/mol. The highest BCUT2D eigenvalue weighted by Gasteiger charge is 2.22. The van der Waals surface area contributed by atoms with Gasteiger partial charge in [-0.15, -0.1) is 0 Å². The van der Waals surface area contributed by atoms with E-state index in [-0.39, 0.29) is 0 Å². The Balaban J connectivity index is 1.84. The molecule has 0 aromatic heterocycles. The van der Waals surface area contributed by atoms with Crippen molar-refractivity contribution in [1.82, 2.24) is 0 Å². The van der Waals surface area contributed by atoms with Crippen molar-refractivity contribution in [2.24, 2.45) is 0 Å². The molecule has 1 heterocycles. The van der Waals surface area contributed by atoms with Gasteiger partial charge in [0.1, 0.15) is 18.5 Å². The van der Waals surface area contributed by atoms with E-state index in [1.807, 2.05) is 24.3 Å². The van der Waals surface area contributed by atoms with Gasteiger partial charge in [0, 0.05) is 6.07 Å². The van der Waals surface area contributed by atoms with Crippen LogP contribution in [0.15, 0.2) is 36.4 Å². The first-order chi connectivity index (χ1) is 7.42. The van der Waals surface area contributed by atoms with Gasteiger partial charge in [0.2, 0.25) is 0 Å². The van der Waals surface area contributed by atoms with Crippen molar-refractivity contribution in [1.29, 1.82) is 0 Å². The van der Waals surface area contributed by atoms with Crippen LogP contribution in [0, 0.1) is 6.07 Å². The molecule has 1 aliphatic rings. The summed E-state index contributed by atoms with van der Waals surface area (Å²) < 4.78 is 10.6. The van der Waals surface area contributed by atoms with E-state index in [1.54, 1.807) is 0 Å². The van der Waals surface area contributed by atoms with Crippen LogP contribution in [0.25, 0.3) is 10.8 Å². The number of fused-ring (bicyclic) bond motifs is 1. The second-order valence-electron chi connectivity index (χ2n) is 3.68. The summed E-state index contributed by atoms with van der Waals surface area (Å²) in [7, 11) is 0. The molecule has 0 spiro atoms. The van der Waals surface area contributed by atoms with E-state index in [0.29, 0.717) is 12.7 Å². The van der Waals surface area contributed by atoms with Crippen LogP contribution in [0.2, 0.25) is 0 Å². The lowest BCUT2D eigenvalue weighted by molar-refractivity contribution is 0.263. The van der Waals surface area contributed by atoms with Gasteiger partial charge in [0.15, 0.2) is 0 Å². The molecule has 0 aliphatic carbocycles. The van der Waals surface area contributed by atoms with Crippen molar-refractivity contribution in [2.45, 2.75) is 6.10 Å². The lowest BCUT2D eigenvalue weighted by atomic mass is 10.1. The molecule has 3 rings (SSSR count). The molecule has 2 aromatic rings. The minimum absolute atomic E-state index is 0.296. The third-order valence-corrected chi connectivity index (χ3v) is 2.46. The first-order valence-electron chi connectivity index (χ1n) is 5.07. The summed E-state index contributed by atoms with van der Waals surface area (Å²) in [5, 5.41) is 2.28. The summed E-state index contributed by atoms with van der Waals surface area (Å²) >= 11 is 0. The Bertz CT molecular complexity index is 475. The fourth-order valence-electron chi connectivity index (χ4n) is 1.53. The molecule has 1 atom stereocenters. The average molecular weight is 199 g/mol. The van der Waals surface area contributed by atoms with Crippen molar-refractivity contribution in [2.75, 3.05) is 13.2 Å². The van der Waals surface area contributed by atoms with Crippen LogP contribution in [0.3, 0.4) is 0 Å². The van der Waals surface area contributed by atoms with Gasteiger partial charge >= 0.3 is 0 Å². The summed E-state index contributed by atoms with van der Waals surface area (Å²) in [5.74, 6) is 0.796. The van der Waals surface area contributed by atoms with E-state index in [0.717, 1.165) is 17.7 Å². The average Bonchev–Trinajstić information content (AvgIpc) is 3.10. The van der Waals surface area contributed by atoms with Crippen LogP contribution in [-0.2, 0) is 4.74 Å². The maximum absolute atomic E-state index is 5.56. The van der Waals surface area contributed by atoms with Crippen LogP contribution in [0.1, 0.15) is 0 Å². The van der Waals surface area contributed by atoms with Crippen LogP contribution >= 0.6 is 0 Å². The van der Waals surface area contributed by atoms with E-state index < -0.39 is 0 Å². The van der Waals surface area contributed by atoms with Crippen LogP contribution in [0.4, 0.5) is 0 Å². The first-order valence-corrected chi connectivity index (χ1v) is 5.07. The van der Waals surface area contributed by atoms with Gasteiger partial charge in [-0.3, -0.25) is 0 Å². The predicted molar refractivity (Wildman–Crippen MR) is 58.0 cm³/mol. The minimum atomic E-state index is 0.296. The minimum Gasteiger partial charge on any atom is -0.490 e. The van der Waals surface area contributed by atoms with E-state index >= 15 is 0 Å². The molecule has 15 heavy (non-hydrogen) atoms. The number of rotatable bonds is 3. The Labute approximate surface area is 88.4 Å². The normalized spacial score (nSPS) is 19.1. The molecule has 1 saturated heterocycles.